The van der Waals surface area contributed by atoms with Gasteiger partial charge in [0.25, 0.3) is 0 Å². The summed E-state index contributed by atoms with van der Waals surface area (Å²) >= 11 is 0. The van der Waals surface area contributed by atoms with Crippen LogP contribution in [0, 0.1) is 0 Å². The Hall–Kier alpha value is -3.15. The summed E-state index contributed by atoms with van der Waals surface area (Å²) in [4.78, 5) is 13.6. The number of nitrogens with one attached hydrogen (secondary N) is 2. The van der Waals surface area contributed by atoms with E-state index in [4.69, 9.17) is 9.72 Å². The molecule has 0 aliphatic heterocycles. The first kappa shape index (κ1) is 17.3. The molecule has 4 rings (SSSR count). The van der Waals surface area contributed by atoms with Crippen molar-refractivity contribution >= 4 is 17.5 Å². The maximum Gasteiger partial charge on any atom is 0.225 e. The van der Waals surface area contributed by atoms with Crippen molar-refractivity contribution in [2.45, 2.75) is 31.7 Å². The van der Waals surface area contributed by atoms with Crippen LogP contribution >= 0.6 is 0 Å². The monoisotopic (exact) mass is 361 g/mol. The molecule has 0 amide bonds. The second-order valence-corrected chi connectivity index (χ2v) is 6.69. The highest BCUT2D eigenvalue weighted by Gasteiger charge is 2.17. The summed E-state index contributed by atoms with van der Waals surface area (Å²) in [6.45, 7) is 0. The van der Waals surface area contributed by atoms with Crippen molar-refractivity contribution in [3.05, 3.63) is 54.9 Å². The highest BCUT2D eigenvalue weighted by atomic mass is 16.5. The Kier molecular flexibility index (Phi) is 5.14. The van der Waals surface area contributed by atoms with Crippen molar-refractivity contribution in [1.82, 2.24) is 15.0 Å². The van der Waals surface area contributed by atoms with E-state index in [1.54, 1.807) is 13.3 Å². The van der Waals surface area contributed by atoms with E-state index in [2.05, 4.69) is 20.6 Å². The van der Waals surface area contributed by atoms with Gasteiger partial charge in [0.05, 0.1) is 12.8 Å². The summed E-state index contributed by atoms with van der Waals surface area (Å²) in [6.07, 6.45) is 8.43. The van der Waals surface area contributed by atoms with Gasteiger partial charge in [-0.3, -0.25) is 4.98 Å². The van der Waals surface area contributed by atoms with Crippen LogP contribution in [-0.4, -0.2) is 28.1 Å². The van der Waals surface area contributed by atoms with Crippen molar-refractivity contribution in [3.63, 3.8) is 0 Å². The second-order valence-electron chi connectivity index (χ2n) is 6.69. The van der Waals surface area contributed by atoms with E-state index in [0.29, 0.717) is 12.0 Å². The van der Waals surface area contributed by atoms with Crippen LogP contribution < -0.4 is 15.4 Å². The molecule has 0 atom stereocenters. The van der Waals surface area contributed by atoms with Gasteiger partial charge in [-0.25, -0.2) is 4.98 Å². The fourth-order valence-corrected chi connectivity index (χ4v) is 3.34. The lowest BCUT2D eigenvalue weighted by atomic mass is 10.2. The molecule has 1 fully saturated rings. The predicted octanol–water partition coefficient (Wildman–Crippen LogP) is 4.65. The fraction of sp³-hybridized carbons (Fsp3) is 0.286. The van der Waals surface area contributed by atoms with Gasteiger partial charge in [0, 0.05) is 41.8 Å². The number of nitrogens with zero attached hydrogens (tertiary/aromatic N) is 3. The van der Waals surface area contributed by atoms with E-state index in [0.717, 1.165) is 28.5 Å². The Morgan fingerprint density at radius 3 is 2.70 bits per heavy atom. The molecule has 1 aliphatic rings. The Labute approximate surface area is 159 Å². The minimum Gasteiger partial charge on any atom is -0.497 e. The molecule has 1 aromatic carbocycles. The summed E-state index contributed by atoms with van der Waals surface area (Å²) in [7, 11) is 1.66. The van der Waals surface area contributed by atoms with Crippen molar-refractivity contribution in [2.75, 3.05) is 17.7 Å². The van der Waals surface area contributed by atoms with E-state index >= 15 is 0 Å². The highest BCUT2D eigenvalue weighted by Crippen LogP contribution is 2.27. The van der Waals surface area contributed by atoms with Crippen molar-refractivity contribution < 1.29 is 4.74 Å². The Morgan fingerprint density at radius 1 is 1.04 bits per heavy atom. The number of ether oxygens (including phenoxy) is 1. The number of anilines is 3. The molecule has 138 valence electrons. The molecular weight excluding hydrogens is 338 g/mol. The third kappa shape index (κ3) is 4.34. The number of benzene rings is 1. The first-order valence-corrected chi connectivity index (χ1v) is 9.27. The van der Waals surface area contributed by atoms with Crippen LogP contribution in [0.2, 0.25) is 0 Å². The van der Waals surface area contributed by atoms with Crippen molar-refractivity contribution in [3.8, 4) is 17.0 Å². The Morgan fingerprint density at radius 2 is 1.93 bits per heavy atom. The van der Waals surface area contributed by atoms with E-state index in [-0.39, 0.29) is 0 Å². The highest BCUT2D eigenvalue weighted by molar-refractivity contribution is 5.67. The van der Waals surface area contributed by atoms with Crippen LogP contribution in [0.15, 0.2) is 54.9 Å². The van der Waals surface area contributed by atoms with Gasteiger partial charge in [0.15, 0.2) is 0 Å². The fourth-order valence-electron chi connectivity index (χ4n) is 3.34. The molecule has 27 heavy (non-hydrogen) atoms. The lowest BCUT2D eigenvalue weighted by molar-refractivity contribution is 0.415. The van der Waals surface area contributed by atoms with Crippen LogP contribution in [0.3, 0.4) is 0 Å². The number of pyridine rings is 1. The molecule has 0 spiro atoms. The summed E-state index contributed by atoms with van der Waals surface area (Å²) in [5.41, 5.74) is 2.71. The van der Waals surface area contributed by atoms with E-state index in [1.165, 1.54) is 25.7 Å². The molecule has 1 saturated carbocycles. The summed E-state index contributed by atoms with van der Waals surface area (Å²) in [5, 5.41) is 6.85. The number of rotatable bonds is 6. The largest absolute Gasteiger partial charge is 0.497 e. The molecule has 3 aromatic rings. The van der Waals surface area contributed by atoms with Gasteiger partial charge in [-0.1, -0.05) is 18.9 Å². The predicted molar refractivity (Wildman–Crippen MR) is 107 cm³/mol. The van der Waals surface area contributed by atoms with Crippen LogP contribution in [0.4, 0.5) is 17.5 Å². The molecule has 0 saturated heterocycles. The molecule has 2 heterocycles. The van der Waals surface area contributed by atoms with Gasteiger partial charge in [-0.2, -0.15) is 4.98 Å². The average molecular weight is 361 g/mol. The van der Waals surface area contributed by atoms with E-state index < -0.39 is 0 Å². The molecule has 0 bridgehead atoms. The Balaban J connectivity index is 1.66. The van der Waals surface area contributed by atoms with Gasteiger partial charge in [0.1, 0.15) is 11.6 Å². The topological polar surface area (TPSA) is 72.0 Å². The van der Waals surface area contributed by atoms with Crippen LogP contribution in [-0.2, 0) is 0 Å². The minimum atomic E-state index is 0.443. The SMILES string of the molecule is COc1cccc(Nc2cc(-c3cccnc3)nc(NC3CCCC3)n2)c1. The smallest absolute Gasteiger partial charge is 0.225 e. The third-order valence-electron chi connectivity index (χ3n) is 4.71. The number of hydrogen-bond acceptors (Lipinski definition) is 6. The number of hydrogen-bond donors (Lipinski definition) is 2. The zero-order valence-corrected chi connectivity index (χ0v) is 15.4. The van der Waals surface area contributed by atoms with Crippen molar-refractivity contribution in [2.24, 2.45) is 0 Å². The van der Waals surface area contributed by atoms with Gasteiger partial charge >= 0.3 is 0 Å². The second kappa shape index (κ2) is 8.03. The first-order chi connectivity index (χ1) is 13.3. The lowest BCUT2D eigenvalue weighted by Gasteiger charge is -2.15. The normalized spacial score (nSPS) is 14.1. The average Bonchev–Trinajstić information content (AvgIpc) is 3.21. The zero-order chi connectivity index (χ0) is 18.5. The molecule has 1 aliphatic carbocycles. The van der Waals surface area contributed by atoms with Crippen LogP contribution in [0.1, 0.15) is 25.7 Å². The van der Waals surface area contributed by atoms with E-state index in [9.17, 15) is 0 Å². The number of aromatic nitrogens is 3. The summed E-state index contributed by atoms with van der Waals surface area (Å²) < 4.78 is 5.30. The maximum atomic E-state index is 5.30. The Bertz CT molecular complexity index is 894. The van der Waals surface area contributed by atoms with Gasteiger partial charge < -0.3 is 15.4 Å². The third-order valence-corrected chi connectivity index (χ3v) is 4.71. The summed E-state index contributed by atoms with van der Waals surface area (Å²) in [5.74, 6) is 2.18. The van der Waals surface area contributed by atoms with Crippen LogP contribution in [0.5, 0.6) is 5.75 Å². The van der Waals surface area contributed by atoms with Crippen molar-refractivity contribution in [1.29, 1.82) is 0 Å². The van der Waals surface area contributed by atoms with Crippen LogP contribution in [0.25, 0.3) is 11.3 Å². The molecule has 0 unspecified atom stereocenters. The minimum absolute atomic E-state index is 0.443. The van der Waals surface area contributed by atoms with Gasteiger partial charge in [-0.15, -0.1) is 0 Å². The molecule has 2 aromatic heterocycles. The zero-order valence-electron chi connectivity index (χ0n) is 15.4. The van der Waals surface area contributed by atoms with E-state index in [1.807, 2.05) is 48.7 Å². The first-order valence-electron chi connectivity index (χ1n) is 9.27. The maximum absolute atomic E-state index is 5.30. The molecule has 6 heteroatoms. The quantitative estimate of drug-likeness (QED) is 0.666. The molecule has 2 N–H and O–H groups in total. The van der Waals surface area contributed by atoms with Gasteiger partial charge in [0.2, 0.25) is 5.95 Å². The molecule has 6 nitrogen and oxygen atoms in total. The van der Waals surface area contributed by atoms with Gasteiger partial charge in [-0.05, 0) is 37.1 Å². The molecule has 0 radical (unpaired) electrons. The number of methoxy groups -OCH3 is 1. The standard InChI is InChI=1S/C21H23N5O/c1-27-18-10-4-9-17(12-18)23-20-13-19(15-6-5-11-22-14-15)25-21(26-20)24-16-7-2-3-8-16/h4-6,9-14,16H,2-3,7-8H2,1H3,(H2,23,24,25,26). The molecular formula is C21H23N5O. The summed E-state index contributed by atoms with van der Waals surface area (Å²) in [6, 6.07) is 14.1. The lowest BCUT2D eigenvalue weighted by Crippen LogP contribution is -2.17.